The first-order chi connectivity index (χ1) is 30.7. The summed E-state index contributed by atoms with van der Waals surface area (Å²) in [6, 6.07) is 60.1. The molecule has 300 valence electrons. The monoisotopic (exact) mass is 797 g/mol. The smallest absolute Gasteiger partial charge is 0.0566 e. The first kappa shape index (κ1) is 37.1. The molecular weight excluding hydrogens is 747 g/mol. The van der Waals surface area contributed by atoms with E-state index in [0.717, 1.165) is 19.3 Å². The second-order valence-corrected chi connectivity index (χ2v) is 18.2. The first-order valence-electron chi connectivity index (χ1n) is 23.0. The van der Waals surface area contributed by atoms with Crippen LogP contribution in [0.4, 0.5) is 11.4 Å². The van der Waals surface area contributed by atoms with E-state index in [0.29, 0.717) is 0 Å². The second-order valence-electron chi connectivity index (χ2n) is 18.2. The Labute approximate surface area is 366 Å². The summed E-state index contributed by atoms with van der Waals surface area (Å²) in [5.41, 5.74) is 20.4. The maximum absolute atomic E-state index is 2.65. The minimum atomic E-state index is 0.0915. The van der Waals surface area contributed by atoms with Gasteiger partial charge in [-0.15, -0.1) is 0 Å². The van der Waals surface area contributed by atoms with Gasteiger partial charge in [0, 0.05) is 16.8 Å². The number of hydrogen-bond donors (Lipinski definition) is 0. The molecule has 0 aliphatic heterocycles. The third kappa shape index (κ3) is 5.89. The zero-order chi connectivity index (χ0) is 41.2. The van der Waals surface area contributed by atoms with E-state index >= 15 is 0 Å². The van der Waals surface area contributed by atoms with Crippen molar-refractivity contribution >= 4 is 44.6 Å². The first-order valence-corrected chi connectivity index (χ1v) is 23.0. The molecule has 8 aromatic carbocycles. The molecule has 0 heterocycles. The van der Waals surface area contributed by atoms with Crippen LogP contribution < -0.4 is 4.90 Å². The molecule has 0 saturated heterocycles. The molecule has 1 unspecified atom stereocenters. The lowest BCUT2D eigenvalue weighted by atomic mass is 9.68. The van der Waals surface area contributed by atoms with Crippen LogP contribution in [0.5, 0.6) is 0 Å². The Hall–Kier alpha value is -6.70. The van der Waals surface area contributed by atoms with Gasteiger partial charge in [-0.05, 0) is 158 Å². The van der Waals surface area contributed by atoms with Gasteiger partial charge in [-0.1, -0.05) is 183 Å². The molecule has 0 N–H and O–H groups in total. The third-order valence-electron chi connectivity index (χ3n) is 14.7. The Bertz CT molecular complexity index is 3120. The van der Waals surface area contributed by atoms with Crippen molar-refractivity contribution in [3.05, 3.63) is 215 Å². The van der Waals surface area contributed by atoms with E-state index in [-0.39, 0.29) is 11.5 Å². The summed E-state index contributed by atoms with van der Waals surface area (Å²) in [7, 11) is 0. The molecule has 4 aliphatic carbocycles. The normalized spacial score (nSPS) is 17.2. The minimum absolute atomic E-state index is 0.0915. The molecule has 4 aliphatic rings. The van der Waals surface area contributed by atoms with Crippen molar-refractivity contribution in [3.8, 4) is 33.4 Å². The molecule has 1 spiro atoms. The van der Waals surface area contributed by atoms with Crippen LogP contribution in [0.2, 0.25) is 0 Å². The number of nitrogens with zero attached hydrogens (tertiary/aromatic N) is 1. The zero-order valence-electron chi connectivity index (χ0n) is 35.6. The summed E-state index contributed by atoms with van der Waals surface area (Å²) in [6.07, 6.45) is 21.6. The fourth-order valence-electron chi connectivity index (χ4n) is 11.9. The molecule has 1 atom stereocenters. The SMILES string of the molecule is Cc1ccc(N(c2ccc3c(c2)C2(CCCCC2)c2ccccc2-3)C2C=Cc3c(c4ccccc4c4c(-c5ccccc5)cc(C5=CCCC=C5)c(-c5ccccc5)c34)C2)cc1. The largest absolute Gasteiger partial charge is 0.334 e. The van der Waals surface area contributed by atoms with E-state index in [4.69, 9.17) is 0 Å². The molecule has 1 saturated carbocycles. The van der Waals surface area contributed by atoms with Gasteiger partial charge in [0.2, 0.25) is 0 Å². The van der Waals surface area contributed by atoms with E-state index in [1.807, 2.05) is 0 Å². The van der Waals surface area contributed by atoms with Crippen molar-refractivity contribution in [3.63, 3.8) is 0 Å². The number of allylic oxidation sites excluding steroid dienone is 4. The van der Waals surface area contributed by atoms with E-state index in [9.17, 15) is 0 Å². The minimum Gasteiger partial charge on any atom is -0.334 e. The highest BCUT2D eigenvalue weighted by molar-refractivity contribution is 6.24. The van der Waals surface area contributed by atoms with Crippen LogP contribution >= 0.6 is 0 Å². The highest BCUT2D eigenvalue weighted by Gasteiger charge is 2.44. The lowest BCUT2D eigenvalue weighted by Crippen LogP contribution is -2.34. The second kappa shape index (κ2) is 15.0. The van der Waals surface area contributed by atoms with Crippen LogP contribution in [0.15, 0.2) is 182 Å². The van der Waals surface area contributed by atoms with E-state index in [2.05, 4.69) is 200 Å². The molecule has 12 rings (SSSR count). The molecule has 1 fully saturated rings. The van der Waals surface area contributed by atoms with Gasteiger partial charge in [0.1, 0.15) is 0 Å². The number of rotatable bonds is 6. The molecule has 0 bridgehead atoms. The van der Waals surface area contributed by atoms with Crippen molar-refractivity contribution in [2.75, 3.05) is 4.90 Å². The number of benzene rings is 8. The highest BCUT2D eigenvalue weighted by Crippen LogP contribution is 2.57. The van der Waals surface area contributed by atoms with Gasteiger partial charge in [0.25, 0.3) is 0 Å². The molecule has 0 amide bonds. The van der Waals surface area contributed by atoms with Gasteiger partial charge in [-0.3, -0.25) is 0 Å². The summed E-state index contributed by atoms with van der Waals surface area (Å²) in [5.74, 6) is 0. The lowest BCUT2D eigenvalue weighted by molar-refractivity contribution is 0.353. The predicted octanol–water partition coefficient (Wildman–Crippen LogP) is 16.4. The Kier molecular flexibility index (Phi) is 8.99. The standard InChI is InChI=1S/C61H51N/c1-41-28-30-45(31-29-41)62(47-32-34-50-49-25-14-15-27-56(49)61(57(50)39-47)36-16-5-17-37-61)46-33-35-52-55(38-46)48-24-12-13-26-51(48)59-54(43-20-8-3-9-21-43)40-53(42-18-6-2-7-19-42)58(60(52)59)44-22-10-4-11-23-44/h3-4,6,8-15,18-35,39-40,46H,2,5,7,16-17,36-38H2,1H3. The van der Waals surface area contributed by atoms with Crippen LogP contribution in [0.3, 0.4) is 0 Å². The van der Waals surface area contributed by atoms with Crippen molar-refractivity contribution in [1.29, 1.82) is 0 Å². The fourth-order valence-corrected chi connectivity index (χ4v) is 11.9. The molecular formula is C61H51N. The molecule has 0 radical (unpaired) electrons. The van der Waals surface area contributed by atoms with Crippen molar-refractivity contribution in [1.82, 2.24) is 0 Å². The Morgan fingerprint density at radius 1 is 0.532 bits per heavy atom. The maximum atomic E-state index is 2.65. The van der Waals surface area contributed by atoms with Crippen LogP contribution in [0.1, 0.15) is 78.3 Å². The summed E-state index contributed by atoms with van der Waals surface area (Å²) >= 11 is 0. The summed E-state index contributed by atoms with van der Waals surface area (Å²) < 4.78 is 0. The van der Waals surface area contributed by atoms with Gasteiger partial charge in [-0.25, -0.2) is 0 Å². The fraction of sp³-hybridized carbons (Fsp3) is 0.180. The van der Waals surface area contributed by atoms with Crippen LogP contribution in [0, 0.1) is 6.92 Å². The van der Waals surface area contributed by atoms with Crippen LogP contribution in [-0.2, 0) is 11.8 Å². The maximum Gasteiger partial charge on any atom is 0.0566 e. The number of anilines is 2. The third-order valence-corrected chi connectivity index (χ3v) is 14.7. The van der Waals surface area contributed by atoms with Gasteiger partial charge in [-0.2, -0.15) is 0 Å². The van der Waals surface area contributed by atoms with Gasteiger partial charge in [0.15, 0.2) is 0 Å². The number of hydrogen-bond acceptors (Lipinski definition) is 1. The predicted molar refractivity (Wildman–Crippen MR) is 264 cm³/mol. The van der Waals surface area contributed by atoms with Crippen LogP contribution in [-0.4, -0.2) is 6.04 Å². The van der Waals surface area contributed by atoms with Gasteiger partial charge < -0.3 is 4.90 Å². The number of aryl methyl sites for hydroxylation is 1. The van der Waals surface area contributed by atoms with E-state index in [1.54, 1.807) is 5.56 Å². The van der Waals surface area contributed by atoms with Crippen molar-refractivity contribution in [2.24, 2.45) is 0 Å². The quantitative estimate of drug-likeness (QED) is 0.152. The summed E-state index contributed by atoms with van der Waals surface area (Å²) in [5, 5.41) is 5.36. The highest BCUT2D eigenvalue weighted by atomic mass is 15.2. The van der Waals surface area contributed by atoms with Crippen molar-refractivity contribution in [2.45, 2.75) is 69.7 Å². The van der Waals surface area contributed by atoms with Gasteiger partial charge >= 0.3 is 0 Å². The molecule has 1 nitrogen and oxygen atoms in total. The Morgan fingerprint density at radius 2 is 1.23 bits per heavy atom. The molecule has 0 aromatic heterocycles. The average molecular weight is 798 g/mol. The Morgan fingerprint density at radius 3 is 2.00 bits per heavy atom. The number of fused-ring (bicyclic) bond motifs is 11. The van der Waals surface area contributed by atoms with Crippen LogP contribution in [0.25, 0.3) is 66.6 Å². The molecule has 8 aromatic rings. The zero-order valence-corrected chi connectivity index (χ0v) is 35.6. The summed E-state index contributed by atoms with van der Waals surface area (Å²) in [4.78, 5) is 2.65. The Balaban J connectivity index is 1.11. The summed E-state index contributed by atoms with van der Waals surface area (Å²) in [6.45, 7) is 2.20. The molecule has 1 heteroatoms. The van der Waals surface area contributed by atoms with Gasteiger partial charge in [0.05, 0.1) is 6.04 Å². The topological polar surface area (TPSA) is 3.24 Å². The van der Waals surface area contributed by atoms with E-state index in [1.165, 1.54) is 132 Å². The molecule has 62 heavy (non-hydrogen) atoms. The average Bonchev–Trinajstić information content (AvgIpc) is 3.60. The van der Waals surface area contributed by atoms with E-state index < -0.39 is 0 Å². The van der Waals surface area contributed by atoms with Crippen molar-refractivity contribution < 1.29 is 0 Å². The lowest BCUT2D eigenvalue weighted by Gasteiger charge is -2.38.